The fraction of sp³-hybridized carbons (Fsp3) is 0.588. The van der Waals surface area contributed by atoms with Crippen LogP contribution in [0.2, 0.25) is 0 Å². The highest BCUT2D eigenvalue weighted by molar-refractivity contribution is 7.91. The predicted molar refractivity (Wildman–Crippen MR) is 87.2 cm³/mol. The molecular formula is C17H23NO4S. The van der Waals surface area contributed by atoms with E-state index in [-0.39, 0.29) is 28.3 Å². The highest BCUT2D eigenvalue weighted by atomic mass is 32.2. The van der Waals surface area contributed by atoms with E-state index in [1.54, 1.807) is 25.1 Å². The first-order chi connectivity index (χ1) is 10.9. The number of ether oxygens (including phenoxy) is 1. The van der Waals surface area contributed by atoms with E-state index >= 15 is 0 Å². The van der Waals surface area contributed by atoms with E-state index in [4.69, 9.17) is 4.74 Å². The summed E-state index contributed by atoms with van der Waals surface area (Å²) in [5.74, 6) is -0.0814. The highest BCUT2D eigenvalue weighted by Crippen LogP contribution is 2.40. The van der Waals surface area contributed by atoms with Gasteiger partial charge in [-0.05, 0) is 44.4 Å². The minimum absolute atomic E-state index is 0.00978. The van der Waals surface area contributed by atoms with Crippen molar-refractivity contribution in [2.24, 2.45) is 0 Å². The Labute approximate surface area is 137 Å². The average molecular weight is 337 g/mol. The maximum atomic E-state index is 12.8. The first-order valence-corrected chi connectivity index (χ1v) is 9.80. The molecule has 126 valence electrons. The van der Waals surface area contributed by atoms with E-state index in [2.05, 4.69) is 0 Å². The van der Waals surface area contributed by atoms with Crippen molar-refractivity contribution >= 4 is 15.7 Å². The Hall–Kier alpha value is -1.40. The van der Waals surface area contributed by atoms with E-state index < -0.39 is 9.84 Å². The third kappa shape index (κ3) is 3.15. The van der Waals surface area contributed by atoms with Crippen LogP contribution >= 0.6 is 0 Å². The summed E-state index contributed by atoms with van der Waals surface area (Å²) >= 11 is 0. The number of rotatable bonds is 3. The average Bonchev–Trinajstić information content (AvgIpc) is 2.52. The summed E-state index contributed by atoms with van der Waals surface area (Å²) in [4.78, 5) is 14.8. The molecule has 1 atom stereocenters. The molecule has 0 bridgehead atoms. The van der Waals surface area contributed by atoms with Crippen LogP contribution in [0, 0.1) is 0 Å². The maximum Gasteiger partial charge on any atom is 0.254 e. The van der Waals surface area contributed by atoms with Crippen LogP contribution in [0.15, 0.2) is 29.2 Å². The second-order valence-corrected chi connectivity index (χ2v) is 8.86. The van der Waals surface area contributed by atoms with Crippen molar-refractivity contribution in [3.63, 3.8) is 0 Å². The number of hydrogen-bond donors (Lipinski definition) is 0. The molecule has 1 saturated carbocycles. The fourth-order valence-electron chi connectivity index (χ4n) is 3.40. The summed E-state index contributed by atoms with van der Waals surface area (Å²) < 4.78 is 30.1. The van der Waals surface area contributed by atoms with E-state index in [1.807, 2.05) is 11.8 Å². The minimum Gasteiger partial charge on any atom is -0.368 e. The molecule has 2 fully saturated rings. The van der Waals surface area contributed by atoms with Gasteiger partial charge in [0.2, 0.25) is 0 Å². The Morgan fingerprint density at radius 2 is 2.13 bits per heavy atom. The SMILES string of the molecule is CCS(=O)(=O)c1cccc(C(=O)N2CC(C)OC3(CCC3)C2)c1. The lowest BCUT2D eigenvalue weighted by molar-refractivity contribution is -0.176. The van der Waals surface area contributed by atoms with Gasteiger partial charge < -0.3 is 9.64 Å². The molecule has 1 spiro atoms. The van der Waals surface area contributed by atoms with Crippen LogP contribution in [0.1, 0.15) is 43.5 Å². The molecule has 1 aromatic carbocycles. The van der Waals surface area contributed by atoms with E-state index in [0.717, 1.165) is 19.3 Å². The standard InChI is InChI=1S/C17H23NO4S/c1-3-23(20,21)15-7-4-6-14(10-15)16(19)18-11-13(2)22-17(12-18)8-5-9-17/h4,6-7,10,13H,3,5,8-9,11-12H2,1-2H3. The fourth-order valence-corrected chi connectivity index (χ4v) is 4.32. The third-order valence-corrected chi connectivity index (χ3v) is 6.51. The van der Waals surface area contributed by atoms with Gasteiger partial charge in [-0.1, -0.05) is 13.0 Å². The summed E-state index contributed by atoms with van der Waals surface area (Å²) in [6.45, 7) is 4.73. The second kappa shape index (κ2) is 5.91. The van der Waals surface area contributed by atoms with Crippen LogP contribution < -0.4 is 0 Å². The largest absolute Gasteiger partial charge is 0.368 e. The van der Waals surface area contributed by atoms with Gasteiger partial charge in [-0.3, -0.25) is 4.79 Å². The van der Waals surface area contributed by atoms with Crippen molar-refractivity contribution in [3.8, 4) is 0 Å². The van der Waals surface area contributed by atoms with Crippen LogP contribution in [-0.4, -0.2) is 49.8 Å². The molecule has 0 radical (unpaired) electrons. The van der Waals surface area contributed by atoms with Crippen LogP contribution in [0.3, 0.4) is 0 Å². The molecule has 1 saturated heterocycles. The second-order valence-electron chi connectivity index (χ2n) is 6.58. The van der Waals surface area contributed by atoms with Crippen LogP contribution in [0.4, 0.5) is 0 Å². The summed E-state index contributed by atoms with van der Waals surface area (Å²) in [7, 11) is -3.31. The molecule has 23 heavy (non-hydrogen) atoms. The molecule has 0 aromatic heterocycles. The van der Waals surface area contributed by atoms with E-state index in [0.29, 0.717) is 18.7 Å². The molecule has 2 aliphatic rings. The zero-order valence-corrected chi connectivity index (χ0v) is 14.4. The van der Waals surface area contributed by atoms with Crippen LogP contribution in [0.25, 0.3) is 0 Å². The molecule has 1 aromatic rings. The van der Waals surface area contributed by atoms with Gasteiger partial charge >= 0.3 is 0 Å². The highest BCUT2D eigenvalue weighted by Gasteiger charge is 2.45. The quantitative estimate of drug-likeness (QED) is 0.849. The van der Waals surface area contributed by atoms with E-state index in [9.17, 15) is 13.2 Å². The summed E-state index contributed by atoms with van der Waals surface area (Å²) in [6.07, 6.45) is 3.13. The lowest BCUT2D eigenvalue weighted by Crippen LogP contribution is -2.59. The van der Waals surface area contributed by atoms with Gasteiger partial charge in [0, 0.05) is 12.1 Å². The molecule has 1 heterocycles. The van der Waals surface area contributed by atoms with Crippen molar-refractivity contribution in [1.82, 2.24) is 4.90 Å². The zero-order valence-electron chi connectivity index (χ0n) is 13.6. The first kappa shape index (κ1) is 16.5. The number of hydrogen-bond acceptors (Lipinski definition) is 4. The van der Waals surface area contributed by atoms with Crippen molar-refractivity contribution in [3.05, 3.63) is 29.8 Å². The van der Waals surface area contributed by atoms with Gasteiger partial charge in [0.05, 0.1) is 28.9 Å². The molecule has 1 amide bonds. The van der Waals surface area contributed by atoms with Crippen molar-refractivity contribution < 1.29 is 17.9 Å². The molecule has 6 heteroatoms. The molecule has 0 N–H and O–H groups in total. The van der Waals surface area contributed by atoms with Gasteiger partial charge in [-0.15, -0.1) is 0 Å². The van der Waals surface area contributed by atoms with Gasteiger partial charge in [0.1, 0.15) is 0 Å². The van der Waals surface area contributed by atoms with Crippen LogP contribution in [-0.2, 0) is 14.6 Å². The Bertz CT molecular complexity index is 709. The first-order valence-electron chi connectivity index (χ1n) is 8.15. The van der Waals surface area contributed by atoms with Gasteiger partial charge in [-0.2, -0.15) is 0 Å². The van der Waals surface area contributed by atoms with Crippen LogP contribution in [0.5, 0.6) is 0 Å². The van der Waals surface area contributed by atoms with Gasteiger partial charge in [0.25, 0.3) is 5.91 Å². The summed E-state index contributed by atoms with van der Waals surface area (Å²) in [5, 5.41) is 0. The Balaban J connectivity index is 1.84. The normalized spacial score (nSPS) is 23.6. The van der Waals surface area contributed by atoms with Crippen molar-refractivity contribution in [2.75, 3.05) is 18.8 Å². The lowest BCUT2D eigenvalue weighted by atomic mass is 9.78. The molecule has 5 nitrogen and oxygen atoms in total. The molecule has 1 aliphatic heterocycles. The smallest absolute Gasteiger partial charge is 0.254 e. The molecular weight excluding hydrogens is 314 g/mol. The third-order valence-electron chi connectivity index (χ3n) is 4.78. The zero-order chi connectivity index (χ0) is 16.7. The maximum absolute atomic E-state index is 12.8. The number of benzene rings is 1. The Morgan fingerprint density at radius 3 is 2.74 bits per heavy atom. The minimum atomic E-state index is -3.31. The number of carbonyl (C=O) groups excluding carboxylic acids is 1. The number of morpholine rings is 1. The molecule has 1 unspecified atom stereocenters. The number of amides is 1. The monoisotopic (exact) mass is 337 g/mol. The Kier molecular flexibility index (Phi) is 4.23. The summed E-state index contributed by atoms with van der Waals surface area (Å²) in [5.41, 5.74) is 0.253. The van der Waals surface area contributed by atoms with Crippen molar-refractivity contribution in [1.29, 1.82) is 0 Å². The van der Waals surface area contributed by atoms with Gasteiger partial charge in [0.15, 0.2) is 9.84 Å². The Morgan fingerprint density at radius 1 is 1.39 bits per heavy atom. The number of carbonyl (C=O) groups is 1. The lowest BCUT2D eigenvalue weighted by Gasteiger charge is -2.50. The summed E-state index contributed by atoms with van der Waals surface area (Å²) in [6, 6.07) is 6.36. The number of sulfone groups is 1. The molecule has 3 rings (SSSR count). The predicted octanol–water partition coefficient (Wildman–Crippen LogP) is 2.26. The van der Waals surface area contributed by atoms with Gasteiger partial charge in [-0.25, -0.2) is 8.42 Å². The van der Waals surface area contributed by atoms with E-state index in [1.165, 1.54) is 6.07 Å². The van der Waals surface area contributed by atoms with Crippen molar-refractivity contribution in [2.45, 2.75) is 49.7 Å². The topological polar surface area (TPSA) is 63.7 Å². The number of nitrogens with zero attached hydrogens (tertiary/aromatic N) is 1. The molecule has 1 aliphatic carbocycles.